The number of hydrogen-bond acceptors (Lipinski definition) is 3. The van der Waals surface area contributed by atoms with Crippen molar-refractivity contribution in [3.63, 3.8) is 0 Å². The summed E-state index contributed by atoms with van der Waals surface area (Å²) in [5.41, 5.74) is -0.0700. The number of rotatable bonds is 3. The van der Waals surface area contributed by atoms with Gasteiger partial charge in [-0.1, -0.05) is 12.8 Å². The van der Waals surface area contributed by atoms with Crippen LogP contribution < -0.4 is 4.90 Å². The maximum atomic E-state index is 13.0. The van der Waals surface area contributed by atoms with E-state index in [1.165, 1.54) is 0 Å². The highest BCUT2D eigenvalue weighted by atomic mass is 19.1. The van der Waals surface area contributed by atoms with Crippen molar-refractivity contribution in [2.75, 3.05) is 11.9 Å². The zero-order valence-electron chi connectivity index (χ0n) is 9.69. The summed E-state index contributed by atoms with van der Waals surface area (Å²) in [4.78, 5) is 16.8. The number of carboxylic acids is 1. The first kappa shape index (κ1) is 11.8. The molecule has 1 aliphatic carbocycles. The summed E-state index contributed by atoms with van der Waals surface area (Å²) >= 11 is 0. The van der Waals surface area contributed by atoms with E-state index in [4.69, 9.17) is 5.11 Å². The first-order valence-electron chi connectivity index (χ1n) is 5.71. The Morgan fingerprint density at radius 2 is 2.18 bits per heavy atom. The summed E-state index contributed by atoms with van der Waals surface area (Å²) in [5, 5.41) is 9.05. The van der Waals surface area contributed by atoms with Gasteiger partial charge in [0.15, 0.2) is 0 Å². The van der Waals surface area contributed by atoms with Crippen LogP contribution in [-0.2, 0) is 0 Å². The number of pyridine rings is 1. The molecule has 1 fully saturated rings. The van der Waals surface area contributed by atoms with Crippen LogP contribution in [-0.4, -0.2) is 29.1 Å². The largest absolute Gasteiger partial charge is 0.478 e. The Labute approximate surface area is 99.1 Å². The molecule has 0 aliphatic heterocycles. The molecular weight excluding hydrogens is 223 g/mol. The third kappa shape index (κ3) is 2.38. The molecule has 0 saturated heterocycles. The van der Waals surface area contributed by atoms with Crippen LogP contribution in [0.25, 0.3) is 0 Å². The van der Waals surface area contributed by atoms with Crippen molar-refractivity contribution in [2.24, 2.45) is 0 Å². The Morgan fingerprint density at radius 1 is 1.53 bits per heavy atom. The van der Waals surface area contributed by atoms with Crippen molar-refractivity contribution in [3.8, 4) is 0 Å². The normalized spacial score (nSPS) is 16.1. The number of hydrogen-bond donors (Lipinski definition) is 1. The molecule has 17 heavy (non-hydrogen) atoms. The molecule has 4 nitrogen and oxygen atoms in total. The van der Waals surface area contributed by atoms with Gasteiger partial charge in [-0.2, -0.15) is 0 Å². The number of aromatic nitrogens is 1. The SMILES string of the molecule is CN(c1ncc(F)cc1C(=O)O)C1CCCC1. The second-order valence-corrected chi connectivity index (χ2v) is 4.38. The minimum atomic E-state index is -1.14. The smallest absolute Gasteiger partial charge is 0.339 e. The number of carbonyl (C=O) groups is 1. The van der Waals surface area contributed by atoms with Crippen LogP contribution in [0.5, 0.6) is 0 Å². The van der Waals surface area contributed by atoms with Crippen LogP contribution in [0.15, 0.2) is 12.3 Å². The summed E-state index contributed by atoms with van der Waals surface area (Å²) in [5.74, 6) is -1.41. The highest BCUT2D eigenvalue weighted by Gasteiger charge is 2.24. The molecule has 0 unspecified atom stereocenters. The molecule has 1 aliphatic rings. The third-order valence-corrected chi connectivity index (χ3v) is 3.27. The molecule has 0 amide bonds. The molecule has 1 heterocycles. The minimum Gasteiger partial charge on any atom is -0.478 e. The van der Waals surface area contributed by atoms with Crippen molar-refractivity contribution < 1.29 is 14.3 Å². The van der Waals surface area contributed by atoms with E-state index in [0.717, 1.165) is 37.9 Å². The third-order valence-electron chi connectivity index (χ3n) is 3.27. The highest BCUT2D eigenvalue weighted by Crippen LogP contribution is 2.28. The van der Waals surface area contributed by atoms with Gasteiger partial charge in [0.2, 0.25) is 0 Å². The van der Waals surface area contributed by atoms with Gasteiger partial charge in [-0.25, -0.2) is 14.2 Å². The molecule has 92 valence electrons. The van der Waals surface area contributed by atoms with Gasteiger partial charge in [0.25, 0.3) is 0 Å². The molecule has 0 bridgehead atoms. The lowest BCUT2D eigenvalue weighted by molar-refractivity contribution is 0.0696. The van der Waals surface area contributed by atoms with E-state index in [1.54, 1.807) is 0 Å². The Balaban J connectivity index is 2.33. The van der Waals surface area contributed by atoms with Crippen molar-refractivity contribution in [1.82, 2.24) is 4.98 Å². The maximum Gasteiger partial charge on any atom is 0.339 e. The molecule has 1 aromatic rings. The van der Waals surface area contributed by atoms with E-state index in [9.17, 15) is 9.18 Å². The standard InChI is InChI=1S/C12H15FN2O2/c1-15(9-4-2-3-5-9)11-10(12(16)17)6-8(13)7-14-11/h6-7,9H,2-5H2,1H3,(H,16,17). The van der Waals surface area contributed by atoms with E-state index < -0.39 is 11.8 Å². The van der Waals surface area contributed by atoms with Gasteiger partial charge in [-0.15, -0.1) is 0 Å². The first-order valence-corrected chi connectivity index (χ1v) is 5.71. The van der Waals surface area contributed by atoms with Crippen LogP contribution >= 0.6 is 0 Å². The number of carboxylic acid groups (broad SMARTS) is 1. The van der Waals surface area contributed by atoms with Crippen LogP contribution in [0.4, 0.5) is 10.2 Å². The highest BCUT2D eigenvalue weighted by molar-refractivity contribution is 5.93. The number of aromatic carboxylic acids is 1. The monoisotopic (exact) mass is 238 g/mol. The van der Waals surface area contributed by atoms with Gasteiger partial charge in [0.05, 0.1) is 6.20 Å². The molecule has 0 aromatic carbocycles. The van der Waals surface area contributed by atoms with E-state index in [0.29, 0.717) is 11.9 Å². The average molecular weight is 238 g/mol. The van der Waals surface area contributed by atoms with Crippen LogP contribution in [0, 0.1) is 5.82 Å². The number of nitrogens with zero attached hydrogens (tertiary/aromatic N) is 2. The topological polar surface area (TPSA) is 53.4 Å². The van der Waals surface area contributed by atoms with Crippen LogP contribution in [0.3, 0.4) is 0 Å². The Kier molecular flexibility index (Phi) is 3.26. The molecular formula is C12H15FN2O2. The summed E-state index contributed by atoms with van der Waals surface area (Å²) in [7, 11) is 1.82. The van der Waals surface area contributed by atoms with Gasteiger partial charge in [0, 0.05) is 13.1 Å². The predicted molar refractivity (Wildman–Crippen MR) is 61.8 cm³/mol. The Bertz CT molecular complexity index is 431. The van der Waals surface area contributed by atoms with Gasteiger partial charge in [-0.3, -0.25) is 0 Å². The van der Waals surface area contributed by atoms with Crippen LogP contribution in [0.2, 0.25) is 0 Å². The van der Waals surface area contributed by atoms with Crippen molar-refractivity contribution in [2.45, 2.75) is 31.7 Å². The lowest BCUT2D eigenvalue weighted by Gasteiger charge is -2.26. The van der Waals surface area contributed by atoms with Gasteiger partial charge < -0.3 is 10.0 Å². The predicted octanol–water partition coefficient (Wildman–Crippen LogP) is 2.30. The summed E-state index contributed by atoms with van der Waals surface area (Å²) < 4.78 is 13.0. The zero-order valence-corrected chi connectivity index (χ0v) is 9.69. The van der Waals surface area contributed by atoms with Crippen LogP contribution in [0.1, 0.15) is 36.0 Å². The first-order chi connectivity index (χ1) is 8.09. The molecule has 0 atom stereocenters. The molecule has 5 heteroatoms. The average Bonchev–Trinajstić information content (AvgIpc) is 2.81. The molecule has 2 rings (SSSR count). The fraction of sp³-hybridized carbons (Fsp3) is 0.500. The lowest BCUT2D eigenvalue weighted by atomic mass is 10.2. The fourth-order valence-electron chi connectivity index (χ4n) is 2.33. The van der Waals surface area contributed by atoms with Crippen molar-refractivity contribution in [1.29, 1.82) is 0 Å². The van der Waals surface area contributed by atoms with Crippen molar-refractivity contribution >= 4 is 11.8 Å². The molecule has 1 N–H and O–H groups in total. The molecule has 0 radical (unpaired) electrons. The molecule has 1 saturated carbocycles. The quantitative estimate of drug-likeness (QED) is 0.877. The van der Waals surface area contributed by atoms with Gasteiger partial charge in [0.1, 0.15) is 17.2 Å². The second kappa shape index (κ2) is 4.69. The van der Waals surface area contributed by atoms with Gasteiger partial charge in [-0.05, 0) is 18.9 Å². The molecule has 1 aromatic heterocycles. The summed E-state index contributed by atoms with van der Waals surface area (Å²) in [6.45, 7) is 0. The number of halogens is 1. The van der Waals surface area contributed by atoms with E-state index >= 15 is 0 Å². The summed E-state index contributed by atoms with van der Waals surface area (Å²) in [6, 6.07) is 1.34. The zero-order chi connectivity index (χ0) is 12.4. The lowest BCUT2D eigenvalue weighted by Crippen LogP contribution is -2.31. The fourth-order valence-corrected chi connectivity index (χ4v) is 2.33. The summed E-state index contributed by atoms with van der Waals surface area (Å²) in [6.07, 6.45) is 5.44. The Hall–Kier alpha value is -1.65. The second-order valence-electron chi connectivity index (χ2n) is 4.38. The van der Waals surface area contributed by atoms with Crippen molar-refractivity contribution in [3.05, 3.63) is 23.6 Å². The Morgan fingerprint density at radius 3 is 2.76 bits per heavy atom. The van der Waals surface area contributed by atoms with E-state index in [-0.39, 0.29) is 5.56 Å². The minimum absolute atomic E-state index is 0.0700. The maximum absolute atomic E-state index is 13.0. The van der Waals surface area contributed by atoms with E-state index in [2.05, 4.69) is 4.98 Å². The van der Waals surface area contributed by atoms with E-state index in [1.807, 2.05) is 11.9 Å². The number of anilines is 1. The molecule has 0 spiro atoms. The van der Waals surface area contributed by atoms with Gasteiger partial charge >= 0.3 is 5.97 Å².